The second kappa shape index (κ2) is 13.5. The maximum absolute atomic E-state index is 12.1. The van der Waals surface area contributed by atoms with Gasteiger partial charge in [-0.25, -0.2) is 14.8 Å². The molecular weight excluding hydrogens is 506 g/mol. The quantitative estimate of drug-likeness (QED) is 0.252. The van der Waals surface area contributed by atoms with E-state index in [0.717, 1.165) is 35.8 Å². The number of ether oxygens (including phenoxy) is 1. The number of pyridine rings is 1. The number of carbonyl (C=O) groups is 2. The SMILES string of the molecule is CNC(=O)c1ccc(Nc2nc3ccc(N(CC(C)C)CC(C)C)nc3n2CCCOC(=O)NC(C)(C)C)cc1. The van der Waals surface area contributed by atoms with Gasteiger partial charge in [0, 0.05) is 43.5 Å². The second-order valence-corrected chi connectivity index (χ2v) is 11.9. The Bertz CT molecular complexity index is 1270. The summed E-state index contributed by atoms with van der Waals surface area (Å²) in [5, 5.41) is 8.84. The number of aryl methyl sites for hydroxylation is 1. The number of aromatic nitrogens is 3. The summed E-state index contributed by atoms with van der Waals surface area (Å²) >= 11 is 0. The molecule has 0 spiro atoms. The average Bonchev–Trinajstić information content (AvgIpc) is 3.20. The van der Waals surface area contributed by atoms with Gasteiger partial charge in [-0.2, -0.15) is 0 Å². The van der Waals surface area contributed by atoms with Crippen LogP contribution in [0.2, 0.25) is 0 Å². The number of amides is 2. The molecule has 218 valence electrons. The largest absolute Gasteiger partial charge is 0.449 e. The third-order valence-corrected chi connectivity index (χ3v) is 5.94. The zero-order valence-electron chi connectivity index (χ0n) is 25.2. The van der Waals surface area contributed by atoms with Crippen LogP contribution in [0.4, 0.5) is 22.2 Å². The number of rotatable bonds is 12. The van der Waals surface area contributed by atoms with E-state index in [0.29, 0.717) is 36.3 Å². The zero-order chi connectivity index (χ0) is 29.4. The zero-order valence-corrected chi connectivity index (χ0v) is 25.2. The number of fused-ring (bicyclic) bond motifs is 1. The van der Waals surface area contributed by atoms with Crippen LogP contribution in [0.3, 0.4) is 0 Å². The normalized spacial score (nSPS) is 11.7. The Morgan fingerprint density at radius 2 is 1.62 bits per heavy atom. The van der Waals surface area contributed by atoms with E-state index in [-0.39, 0.29) is 18.1 Å². The lowest BCUT2D eigenvalue weighted by Crippen LogP contribution is -2.41. The summed E-state index contributed by atoms with van der Waals surface area (Å²) in [6, 6.07) is 11.3. The highest BCUT2D eigenvalue weighted by atomic mass is 16.5. The number of imidazole rings is 1. The Kier molecular flexibility index (Phi) is 10.4. The molecule has 0 radical (unpaired) electrons. The van der Waals surface area contributed by atoms with E-state index in [1.165, 1.54) is 0 Å². The first kappa shape index (κ1) is 30.7. The number of nitrogens with one attached hydrogen (secondary N) is 3. The summed E-state index contributed by atoms with van der Waals surface area (Å²) in [4.78, 5) is 36.3. The van der Waals surface area contributed by atoms with Crippen LogP contribution in [0.15, 0.2) is 36.4 Å². The monoisotopic (exact) mass is 551 g/mol. The van der Waals surface area contributed by atoms with Crippen LogP contribution in [0, 0.1) is 11.8 Å². The van der Waals surface area contributed by atoms with Crippen LogP contribution in [0.25, 0.3) is 11.2 Å². The van der Waals surface area contributed by atoms with E-state index in [2.05, 4.69) is 48.5 Å². The van der Waals surface area contributed by atoms with Crippen LogP contribution < -0.4 is 20.9 Å². The summed E-state index contributed by atoms with van der Waals surface area (Å²) in [7, 11) is 1.61. The van der Waals surface area contributed by atoms with Gasteiger partial charge in [-0.3, -0.25) is 9.36 Å². The van der Waals surface area contributed by atoms with Crippen LogP contribution in [-0.2, 0) is 11.3 Å². The van der Waals surface area contributed by atoms with Gasteiger partial charge in [-0.1, -0.05) is 27.7 Å². The van der Waals surface area contributed by atoms with Crippen molar-refractivity contribution >= 4 is 40.6 Å². The topological polar surface area (TPSA) is 113 Å². The lowest BCUT2D eigenvalue weighted by Gasteiger charge is -2.27. The molecule has 3 aromatic rings. The summed E-state index contributed by atoms with van der Waals surface area (Å²) in [6.45, 7) is 17.2. The minimum Gasteiger partial charge on any atom is -0.449 e. The third kappa shape index (κ3) is 8.86. The smallest absolute Gasteiger partial charge is 0.407 e. The summed E-state index contributed by atoms with van der Waals surface area (Å²) in [5.41, 5.74) is 2.55. The van der Waals surface area contributed by atoms with Crippen molar-refractivity contribution in [2.75, 3.05) is 37.0 Å². The van der Waals surface area contributed by atoms with Gasteiger partial charge in [0.1, 0.15) is 11.3 Å². The molecule has 0 bridgehead atoms. The van der Waals surface area contributed by atoms with Crippen LogP contribution >= 0.6 is 0 Å². The van der Waals surface area contributed by atoms with Gasteiger partial charge in [-0.15, -0.1) is 0 Å². The fourth-order valence-electron chi connectivity index (χ4n) is 4.33. The maximum atomic E-state index is 12.1. The van der Waals surface area contributed by atoms with Crippen LogP contribution in [0.1, 0.15) is 65.2 Å². The van der Waals surface area contributed by atoms with Gasteiger partial charge in [0.15, 0.2) is 5.65 Å². The Hall–Kier alpha value is -3.82. The molecule has 3 N–H and O–H groups in total. The molecule has 0 saturated heterocycles. The van der Waals surface area contributed by atoms with E-state index in [1.807, 2.05) is 49.6 Å². The first-order chi connectivity index (χ1) is 18.9. The molecule has 0 aliphatic carbocycles. The van der Waals surface area contributed by atoms with E-state index < -0.39 is 6.09 Å². The number of benzene rings is 1. The van der Waals surface area contributed by atoms with Crippen LogP contribution in [-0.4, -0.2) is 58.8 Å². The Balaban J connectivity index is 1.90. The van der Waals surface area contributed by atoms with Crippen molar-refractivity contribution in [3.05, 3.63) is 42.0 Å². The van der Waals surface area contributed by atoms with Crippen molar-refractivity contribution in [1.29, 1.82) is 0 Å². The lowest BCUT2D eigenvalue weighted by atomic mass is 10.1. The standard InChI is InChI=1S/C30H45N7O3/c1-20(2)18-36(19-21(3)4)25-15-14-24-26(34-25)37(16-9-17-40-29(39)35-30(5,6)7)28(33-24)32-23-12-10-22(11-13-23)27(38)31-8/h10-15,20-21H,9,16-19H2,1-8H3,(H,31,38)(H,32,33)(H,35,39). The minimum absolute atomic E-state index is 0.140. The molecule has 10 heteroatoms. The van der Waals surface area contributed by atoms with Gasteiger partial charge >= 0.3 is 6.09 Å². The minimum atomic E-state index is -0.434. The predicted molar refractivity (Wildman–Crippen MR) is 161 cm³/mol. The molecule has 1 aromatic carbocycles. The molecule has 10 nitrogen and oxygen atoms in total. The predicted octanol–water partition coefficient (Wildman–Crippen LogP) is 5.57. The van der Waals surface area contributed by atoms with Gasteiger partial charge in [0.25, 0.3) is 5.91 Å². The summed E-state index contributed by atoms with van der Waals surface area (Å²) < 4.78 is 7.44. The molecule has 3 rings (SSSR count). The number of carbonyl (C=O) groups excluding carboxylic acids is 2. The van der Waals surface area contributed by atoms with E-state index >= 15 is 0 Å². The highest BCUT2D eigenvalue weighted by Gasteiger charge is 2.18. The molecular formula is C30H45N7O3. The molecule has 0 fully saturated rings. The maximum Gasteiger partial charge on any atom is 0.407 e. The molecule has 0 aliphatic rings. The molecule has 2 aromatic heterocycles. The van der Waals surface area contributed by atoms with E-state index in [9.17, 15) is 9.59 Å². The third-order valence-electron chi connectivity index (χ3n) is 5.94. The molecule has 2 amide bonds. The van der Waals surface area contributed by atoms with Gasteiger partial charge in [-0.05, 0) is 75.4 Å². The molecule has 40 heavy (non-hydrogen) atoms. The van der Waals surface area contributed by atoms with Gasteiger partial charge < -0.3 is 25.6 Å². The van der Waals surface area contributed by atoms with Gasteiger partial charge in [0.2, 0.25) is 5.95 Å². The number of anilines is 3. The van der Waals surface area contributed by atoms with Crippen molar-refractivity contribution in [2.24, 2.45) is 11.8 Å². The van der Waals surface area contributed by atoms with E-state index in [1.54, 1.807) is 19.2 Å². The lowest BCUT2D eigenvalue weighted by molar-refractivity contribution is 0.0963. The molecule has 2 heterocycles. The number of nitrogens with zero attached hydrogens (tertiary/aromatic N) is 4. The van der Waals surface area contributed by atoms with E-state index in [4.69, 9.17) is 14.7 Å². The molecule has 0 atom stereocenters. The van der Waals surface area contributed by atoms with Crippen molar-refractivity contribution in [1.82, 2.24) is 25.2 Å². The number of hydrogen-bond donors (Lipinski definition) is 3. The Labute approximate surface area is 237 Å². The fraction of sp³-hybridized carbons (Fsp3) is 0.533. The van der Waals surface area contributed by atoms with Crippen molar-refractivity contribution in [3.63, 3.8) is 0 Å². The summed E-state index contributed by atoms with van der Waals surface area (Å²) in [6.07, 6.45) is 0.150. The highest BCUT2D eigenvalue weighted by molar-refractivity contribution is 5.94. The van der Waals surface area contributed by atoms with Crippen molar-refractivity contribution in [3.8, 4) is 0 Å². The Morgan fingerprint density at radius 3 is 2.20 bits per heavy atom. The summed E-state index contributed by atoms with van der Waals surface area (Å²) in [5.74, 6) is 2.39. The number of alkyl carbamates (subject to hydrolysis) is 1. The Morgan fingerprint density at radius 1 is 0.975 bits per heavy atom. The first-order valence-electron chi connectivity index (χ1n) is 14.0. The first-order valence-corrected chi connectivity index (χ1v) is 14.0. The average molecular weight is 552 g/mol. The fourth-order valence-corrected chi connectivity index (χ4v) is 4.33. The highest BCUT2D eigenvalue weighted by Crippen LogP contribution is 2.26. The molecule has 0 saturated carbocycles. The van der Waals surface area contributed by atoms with Crippen molar-refractivity contribution in [2.45, 2.75) is 67.0 Å². The van der Waals surface area contributed by atoms with Gasteiger partial charge in [0.05, 0.1) is 6.61 Å². The van der Waals surface area contributed by atoms with Crippen molar-refractivity contribution < 1.29 is 14.3 Å². The van der Waals surface area contributed by atoms with Crippen LogP contribution in [0.5, 0.6) is 0 Å². The number of hydrogen-bond acceptors (Lipinski definition) is 7. The second-order valence-electron chi connectivity index (χ2n) is 11.9. The molecule has 0 aliphatic heterocycles. The molecule has 0 unspecified atom stereocenters.